The summed E-state index contributed by atoms with van der Waals surface area (Å²) in [4.78, 5) is 24.5. The topological polar surface area (TPSA) is 92.4 Å². The summed E-state index contributed by atoms with van der Waals surface area (Å²) in [5.41, 5.74) is 3.87. The molecule has 2 fully saturated rings. The summed E-state index contributed by atoms with van der Waals surface area (Å²) in [5, 5.41) is 17.1. The maximum absolute atomic E-state index is 13.2. The summed E-state index contributed by atoms with van der Waals surface area (Å²) in [7, 11) is 0. The zero-order chi connectivity index (χ0) is 25.3. The van der Waals surface area contributed by atoms with E-state index < -0.39 is 11.9 Å². The Morgan fingerprint density at radius 1 is 1.23 bits per heavy atom. The molecule has 1 amide bonds. The van der Waals surface area contributed by atoms with Gasteiger partial charge < -0.3 is 14.9 Å². The number of halogens is 1. The van der Waals surface area contributed by atoms with Crippen molar-refractivity contribution in [1.82, 2.24) is 5.16 Å². The number of nitrogens with zero attached hydrogens (tertiary/aromatic N) is 1. The Morgan fingerprint density at radius 3 is 2.54 bits per heavy atom. The van der Waals surface area contributed by atoms with E-state index >= 15 is 0 Å². The summed E-state index contributed by atoms with van der Waals surface area (Å²) in [5.74, 6) is 0.880. The molecule has 1 atom stereocenters. The van der Waals surface area contributed by atoms with Gasteiger partial charge in [0.1, 0.15) is 5.76 Å². The Hall–Kier alpha value is -2.34. The van der Waals surface area contributed by atoms with E-state index in [0.29, 0.717) is 40.3 Å². The van der Waals surface area contributed by atoms with Gasteiger partial charge in [0.05, 0.1) is 16.4 Å². The van der Waals surface area contributed by atoms with Crippen LogP contribution in [0.3, 0.4) is 0 Å². The number of carboxylic acids is 1. The minimum Gasteiger partial charge on any atom is -0.481 e. The van der Waals surface area contributed by atoms with E-state index in [1.807, 2.05) is 13.0 Å². The van der Waals surface area contributed by atoms with E-state index in [-0.39, 0.29) is 18.7 Å². The normalized spacial score (nSPS) is 20.8. The molecule has 0 bridgehead atoms. The average molecular weight is 501 g/mol. The van der Waals surface area contributed by atoms with Gasteiger partial charge in [-0.3, -0.25) is 9.59 Å². The fourth-order valence-corrected chi connectivity index (χ4v) is 5.67. The number of hydrogen-bond acceptors (Lipinski definition) is 4. The highest BCUT2D eigenvalue weighted by Gasteiger charge is 2.41. The summed E-state index contributed by atoms with van der Waals surface area (Å²) in [6.45, 7) is 8.79. The van der Waals surface area contributed by atoms with Gasteiger partial charge in [-0.1, -0.05) is 43.6 Å². The maximum Gasteiger partial charge on any atom is 0.303 e. The van der Waals surface area contributed by atoms with Gasteiger partial charge in [0, 0.05) is 30.2 Å². The molecule has 0 saturated heterocycles. The van der Waals surface area contributed by atoms with Crippen LogP contribution >= 0.6 is 11.6 Å². The molecule has 1 aromatic heterocycles. The average Bonchev–Trinajstić information content (AvgIpc) is 3.49. The standard InChI is InChI=1S/C28H37ClN2O4/c1-16-5-9-22(21(29)11-16)30-27(34)19(8-10-24(32)33)14-23-25(18-6-7-18)26(35-31-23)20-12-17(13-20)15-28(2,3)4/h5,9,11,17-20H,6-8,10,12-15H2,1-4H3,(H,30,34)(H,32,33). The first-order chi connectivity index (χ1) is 16.5. The summed E-state index contributed by atoms with van der Waals surface area (Å²) in [6.07, 6.45) is 6.21. The quantitative estimate of drug-likeness (QED) is 0.362. The molecule has 6 nitrogen and oxygen atoms in total. The SMILES string of the molecule is Cc1ccc(NC(=O)C(CCC(=O)O)Cc2noc(C3CC(CC(C)(C)C)C3)c2C2CC2)c(Cl)c1. The Labute approximate surface area is 212 Å². The summed E-state index contributed by atoms with van der Waals surface area (Å²) in [6, 6.07) is 5.46. The largest absolute Gasteiger partial charge is 0.481 e. The Balaban J connectivity index is 1.50. The van der Waals surface area contributed by atoms with E-state index in [2.05, 4.69) is 31.2 Å². The molecule has 2 aliphatic carbocycles. The molecular formula is C28H37ClN2O4. The summed E-state index contributed by atoms with van der Waals surface area (Å²) < 4.78 is 5.92. The van der Waals surface area contributed by atoms with Crippen LogP contribution in [0.2, 0.25) is 5.02 Å². The molecule has 4 rings (SSSR count). The lowest BCUT2D eigenvalue weighted by atomic mass is 9.67. The number of aryl methyl sites for hydroxylation is 1. The molecule has 2 saturated carbocycles. The molecule has 2 N–H and O–H groups in total. The van der Waals surface area contributed by atoms with Crippen LogP contribution in [0.4, 0.5) is 5.69 Å². The van der Waals surface area contributed by atoms with Crippen LogP contribution in [0.5, 0.6) is 0 Å². The van der Waals surface area contributed by atoms with Crippen molar-refractivity contribution < 1.29 is 19.2 Å². The number of nitrogens with one attached hydrogen (secondary N) is 1. The second-order valence-electron chi connectivity index (χ2n) is 11.8. The third-order valence-electron chi connectivity index (χ3n) is 7.22. The lowest BCUT2D eigenvalue weighted by molar-refractivity contribution is -0.137. The molecule has 1 unspecified atom stereocenters. The molecule has 35 heavy (non-hydrogen) atoms. The first-order valence-electron chi connectivity index (χ1n) is 12.8. The smallest absolute Gasteiger partial charge is 0.303 e. The van der Waals surface area contributed by atoms with Gasteiger partial charge in [-0.05, 0) is 80.4 Å². The lowest BCUT2D eigenvalue weighted by Crippen LogP contribution is -2.27. The number of amides is 1. The third kappa shape index (κ3) is 6.66. The van der Waals surface area contributed by atoms with Crippen LogP contribution in [0.15, 0.2) is 22.7 Å². The molecule has 2 aliphatic rings. The van der Waals surface area contributed by atoms with Gasteiger partial charge in [-0.25, -0.2) is 0 Å². The van der Waals surface area contributed by atoms with Crippen molar-refractivity contribution in [1.29, 1.82) is 0 Å². The van der Waals surface area contributed by atoms with E-state index in [4.69, 9.17) is 16.1 Å². The minimum atomic E-state index is -0.918. The number of benzene rings is 1. The molecule has 1 aromatic carbocycles. The van der Waals surface area contributed by atoms with Crippen molar-refractivity contribution in [2.75, 3.05) is 5.32 Å². The first kappa shape index (κ1) is 25.7. The van der Waals surface area contributed by atoms with Crippen LogP contribution in [0, 0.1) is 24.2 Å². The summed E-state index contributed by atoms with van der Waals surface area (Å²) >= 11 is 6.32. The Kier molecular flexibility index (Phi) is 7.60. The number of carboxylic acid groups (broad SMARTS) is 1. The minimum absolute atomic E-state index is 0.0830. The maximum atomic E-state index is 13.2. The molecule has 0 spiro atoms. The molecule has 0 radical (unpaired) electrons. The van der Waals surface area contributed by atoms with Crippen LogP contribution in [0.25, 0.3) is 0 Å². The highest BCUT2D eigenvalue weighted by molar-refractivity contribution is 6.33. The van der Waals surface area contributed by atoms with Crippen LogP contribution in [-0.4, -0.2) is 22.1 Å². The van der Waals surface area contributed by atoms with Crippen molar-refractivity contribution in [3.05, 3.63) is 45.8 Å². The van der Waals surface area contributed by atoms with Gasteiger partial charge in [-0.15, -0.1) is 0 Å². The van der Waals surface area contributed by atoms with Crippen molar-refractivity contribution in [2.45, 2.75) is 90.9 Å². The fourth-order valence-electron chi connectivity index (χ4n) is 5.39. The van der Waals surface area contributed by atoms with E-state index in [0.717, 1.165) is 42.7 Å². The number of hydrogen-bond donors (Lipinski definition) is 2. The zero-order valence-corrected chi connectivity index (χ0v) is 22.0. The second-order valence-corrected chi connectivity index (χ2v) is 12.2. The third-order valence-corrected chi connectivity index (χ3v) is 7.54. The predicted molar refractivity (Wildman–Crippen MR) is 137 cm³/mol. The van der Waals surface area contributed by atoms with Gasteiger partial charge in [0.2, 0.25) is 5.91 Å². The van der Waals surface area contributed by atoms with Gasteiger partial charge in [-0.2, -0.15) is 0 Å². The Morgan fingerprint density at radius 2 is 1.94 bits per heavy atom. The van der Waals surface area contributed by atoms with Gasteiger partial charge >= 0.3 is 5.97 Å². The van der Waals surface area contributed by atoms with E-state index in [1.165, 1.54) is 12.0 Å². The zero-order valence-electron chi connectivity index (χ0n) is 21.2. The van der Waals surface area contributed by atoms with E-state index in [9.17, 15) is 14.7 Å². The number of aliphatic carboxylic acids is 1. The molecule has 190 valence electrons. The van der Waals surface area contributed by atoms with Crippen LogP contribution < -0.4 is 5.32 Å². The van der Waals surface area contributed by atoms with Crippen molar-refractivity contribution in [3.63, 3.8) is 0 Å². The van der Waals surface area contributed by atoms with Gasteiger partial charge in [0.15, 0.2) is 0 Å². The second kappa shape index (κ2) is 10.3. The molecule has 1 heterocycles. The lowest BCUT2D eigenvalue weighted by Gasteiger charge is -2.38. The first-order valence-corrected chi connectivity index (χ1v) is 13.1. The van der Waals surface area contributed by atoms with Crippen LogP contribution in [0.1, 0.15) is 100 Å². The molecular weight excluding hydrogens is 464 g/mol. The highest BCUT2D eigenvalue weighted by Crippen LogP contribution is 2.52. The fraction of sp³-hybridized carbons (Fsp3) is 0.607. The molecule has 7 heteroatoms. The van der Waals surface area contributed by atoms with Crippen molar-refractivity contribution in [3.8, 4) is 0 Å². The Bertz CT molecular complexity index is 1080. The monoisotopic (exact) mass is 500 g/mol. The molecule has 2 aromatic rings. The number of anilines is 1. The number of carbonyl (C=O) groups excluding carboxylic acids is 1. The highest BCUT2D eigenvalue weighted by atomic mass is 35.5. The predicted octanol–water partition coefficient (Wildman–Crippen LogP) is 7.11. The van der Waals surface area contributed by atoms with Crippen molar-refractivity contribution in [2.24, 2.45) is 17.3 Å². The van der Waals surface area contributed by atoms with E-state index in [1.54, 1.807) is 12.1 Å². The molecule has 0 aliphatic heterocycles. The number of aromatic nitrogens is 1. The number of carbonyl (C=O) groups is 2. The van der Waals surface area contributed by atoms with Gasteiger partial charge in [0.25, 0.3) is 0 Å². The van der Waals surface area contributed by atoms with Crippen LogP contribution in [-0.2, 0) is 16.0 Å². The number of rotatable bonds is 10. The van der Waals surface area contributed by atoms with Crippen molar-refractivity contribution >= 4 is 29.2 Å².